The fraction of sp³-hybridized carbons (Fsp3) is 0.412. The molecule has 1 aliphatic rings. The second kappa shape index (κ2) is 8.10. The first-order valence-electron chi connectivity index (χ1n) is 7.98. The van der Waals surface area contributed by atoms with Gasteiger partial charge < -0.3 is 10.6 Å². The molecule has 7 heteroatoms. The van der Waals surface area contributed by atoms with E-state index in [1.807, 2.05) is 6.92 Å². The molecule has 24 heavy (non-hydrogen) atoms. The topological polar surface area (TPSA) is 92.3 Å². The number of anilines is 2. The Kier molecular flexibility index (Phi) is 6.14. The summed E-state index contributed by atoms with van der Waals surface area (Å²) in [6.07, 6.45) is 4.00. The third kappa shape index (κ3) is 5.81. The summed E-state index contributed by atoms with van der Waals surface area (Å²) in [7, 11) is -3.14. The molecule has 1 aromatic rings. The summed E-state index contributed by atoms with van der Waals surface area (Å²) in [5.74, 6) is -0.542. The number of allylic oxidation sites excluding steroid dienone is 1. The lowest BCUT2D eigenvalue weighted by Gasteiger charge is -2.09. The lowest BCUT2D eigenvalue weighted by molar-refractivity contribution is -0.117. The van der Waals surface area contributed by atoms with Crippen LogP contribution in [0.15, 0.2) is 35.7 Å². The number of hydrogen-bond acceptors (Lipinski definition) is 4. The van der Waals surface area contributed by atoms with Crippen LogP contribution in [0.2, 0.25) is 0 Å². The number of carbonyl (C=O) groups is 2. The summed E-state index contributed by atoms with van der Waals surface area (Å²) in [4.78, 5) is 23.6. The minimum absolute atomic E-state index is 0.0108. The fourth-order valence-corrected chi connectivity index (χ4v) is 3.81. The van der Waals surface area contributed by atoms with Gasteiger partial charge in [-0.15, -0.1) is 0 Å². The molecule has 0 unspecified atom stereocenters. The number of hydrogen-bond donors (Lipinski definition) is 2. The first-order chi connectivity index (χ1) is 11.4. The van der Waals surface area contributed by atoms with Crippen molar-refractivity contribution in [3.05, 3.63) is 35.7 Å². The van der Waals surface area contributed by atoms with Gasteiger partial charge in [0.05, 0.1) is 5.75 Å². The van der Waals surface area contributed by atoms with E-state index in [0.717, 1.165) is 12.8 Å². The Hall–Kier alpha value is -2.15. The van der Waals surface area contributed by atoms with Crippen LogP contribution in [0.1, 0.15) is 32.6 Å². The van der Waals surface area contributed by atoms with Gasteiger partial charge in [-0.25, -0.2) is 8.42 Å². The Morgan fingerprint density at radius 3 is 2.17 bits per heavy atom. The molecule has 2 N–H and O–H groups in total. The van der Waals surface area contributed by atoms with Crippen molar-refractivity contribution in [2.45, 2.75) is 32.6 Å². The molecule has 0 bridgehead atoms. The number of benzene rings is 1. The van der Waals surface area contributed by atoms with Gasteiger partial charge in [-0.3, -0.25) is 9.59 Å². The van der Waals surface area contributed by atoms with E-state index in [0.29, 0.717) is 17.8 Å². The third-order valence-electron chi connectivity index (χ3n) is 3.66. The van der Waals surface area contributed by atoms with Gasteiger partial charge in [-0.1, -0.05) is 19.4 Å². The van der Waals surface area contributed by atoms with Gasteiger partial charge in [0.15, 0.2) is 9.84 Å². The number of rotatable bonds is 7. The fourth-order valence-electron chi connectivity index (χ4n) is 2.42. The average Bonchev–Trinajstić information content (AvgIpc) is 2.85. The molecule has 1 aliphatic heterocycles. The second-order valence-electron chi connectivity index (χ2n) is 5.90. The molecule has 0 aliphatic carbocycles. The van der Waals surface area contributed by atoms with Crippen molar-refractivity contribution in [2.75, 3.05) is 16.4 Å². The van der Waals surface area contributed by atoms with Crippen molar-refractivity contribution in [2.24, 2.45) is 5.92 Å². The van der Waals surface area contributed by atoms with Crippen molar-refractivity contribution in [3.8, 4) is 0 Å². The highest BCUT2D eigenvalue weighted by Crippen LogP contribution is 2.20. The molecule has 0 aromatic heterocycles. The molecule has 0 fully saturated rings. The van der Waals surface area contributed by atoms with Gasteiger partial charge in [0.1, 0.15) is 0 Å². The van der Waals surface area contributed by atoms with Crippen LogP contribution >= 0.6 is 0 Å². The lowest BCUT2D eigenvalue weighted by Crippen LogP contribution is -2.17. The van der Waals surface area contributed by atoms with Crippen LogP contribution in [0.5, 0.6) is 0 Å². The Morgan fingerprint density at radius 2 is 1.67 bits per heavy atom. The second-order valence-corrected chi connectivity index (χ2v) is 7.83. The maximum absolute atomic E-state index is 12.0. The number of sulfone groups is 1. The number of unbranched alkanes of at least 4 members (excludes halogenated alkanes) is 1. The van der Waals surface area contributed by atoms with Crippen molar-refractivity contribution in [1.29, 1.82) is 0 Å². The third-order valence-corrected chi connectivity index (χ3v) is 5.13. The molecule has 2 amide bonds. The maximum Gasteiger partial charge on any atom is 0.224 e. The summed E-state index contributed by atoms with van der Waals surface area (Å²) in [6.45, 7) is 2.03. The molecular formula is C17H22N2O4S. The van der Waals surface area contributed by atoms with E-state index in [9.17, 15) is 18.0 Å². The van der Waals surface area contributed by atoms with Crippen LogP contribution in [-0.4, -0.2) is 26.0 Å². The van der Waals surface area contributed by atoms with Crippen LogP contribution in [-0.2, 0) is 19.4 Å². The zero-order chi connectivity index (χ0) is 17.6. The van der Waals surface area contributed by atoms with E-state index >= 15 is 0 Å². The van der Waals surface area contributed by atoms with Gasteiger partial charge >= 0.3 is 0 Å². The van der Waals surface area contributed by atoms with E-state index in [2.05, 4.69) is 10.6 Å². The van der Waals surface area contributed by atoms with Gasteiger partial charge in [0.2, 0.25) is 11.8 Å². The first-order valence-corrected chi connectivity index (χ1v) is 9.70. The minimum atomic E-state index is -3.14. The van der Waals surface area contributed by atoms with Crippen LogP contribution < -0.4 is 10.6 Å². The van der Waals surface area contributed by atoms with Crippen molar-refractivity contribution < 1.29 is 18.0 Å². The zero-order valence-electron chi connectivity index (χ0n) is 13.6. The smallest absolute Gasteiger partial charge is 0.224 e. The van der Waals surface area contributed by atoms with Gasteiger partial charge in [-0.2, -0.15) is 0 Å². The van der Waals surface area contributed by atoms with Gasteiger partial charge in [-0.05, 0) is 30.7 Å². The van der Waals surface area contributed by atoms with Crippen LogP contribution in [0.3, 0.4) is 0 Å². The largest absolute Gasteiger partial charge is 0.326 e. The van der Waals surface area contributed by atoms with Crippen molar-refractivity contribution >= 4 is 33.0 Å². The van der Waals surface area contributed by atoms with E-state index in [1.54, 1.807) is 30.3 Å². The molecule has 130 valence electrons. The molecule has 0 spiro atoms. The van der Waals surface area contributed by atoms with Gasteiger partial charge in [0, 0.05) is 35.5 Å². The average molecular weight is 350 g/mol. The molecule has 0 saturated carbocycles. The zero-order valence-corrected chi connectivity index (χ0v) is 14.4. The quantitative estimate of drug-likeness (QED) is 0.791. The predicted octanol–water partition coefficient (Wildman–Crippen LogP) is 2.70. The van der Waals surface area contributed by atoms with Crippen molar-refractivity contribution in [3.63, 3.8) is 0 Å². The standard InChI is InChI=1S/C17H22N2O4S/c1-2-3-4-16(20)18-14-5-7-15(8-6-14)19-17(21)11-13-9-10-24(22,23)12-13/h5-10,13H,2-4,11-12H2,1H3,(H,18,20)(H,19,21)/t13-/m1/s1. The lowest BCUT2D eigenvalue weighted by atomic mass is 10.1. The summed E-state index contributed by atoms with van der Waals surface area (Å²) in [6, 6.07) is 6.85. The van der Waals surface area contributed by atoms with Crippen LogP contribution in [0, 0.1) is 5.92 Å². The monoisotopic (exact) mass is 350 g/mol. The number of nitrogens with one attached hydrogen (secondary N) is 2. The summed E-state index contributed by atoms with van der Waals surface area (Å²) >= 11 is 0. The molecule has 2 rings (SSSR count). The van der Waals surface area contributed by atoms with Gasteiger partial charge in [0.25, 0.3) is 0 Å². The molecule has 6 nitrogen and oxygen atoms in total. The molecule has 0 saturated heterocycles. The number of carbonyl (C=O) groups excluding carboxylic acids is 2. The Morgan fingerprint density at radius 1 is 1.08 bits per heavy atom. The van der Waals surface area contributed by atoms with Crippen LogP contribution in [0.25, 0.3) is 0 Å². The minimum Gasteiger partial charge on any atom is -0.326 e. The highest BCUT2D eigenvalue weighted by atomic mass is 32.2. The maximum atomic E-state index is 12.0. The molecule has 1 atom stereocenters. The molecule has 1 heterocycles. The Bertz CT molecular complexity index is 723. The molecule has 0 radical (unpaired) electrons. The normalized spacial score (nSPS) is 18.3. The summed E-state index contributed by atoms with van der Waals surface area (Å²) in [5, 5.41) is 6.70. The predicted molar refractivity (Wildman–Crippen MR) is 94.3 cm³/mol. The van der Waals surface area contributed by atoms with E-state index in [1.165, 1.54) is 5.41 Å². The highest BCUT2D eigenvalue weighted by Gasteiger charge is 2.23. The first kappa shape index (κ1) is 18.2. The van der Waals surface area contributed by atoms with E-state index < -0.39 is 9.84 Å². The molecule has 1 aromatic carbocycles. The Balaban J connectivity index is 1.82. The van der Waals surface area contributed by atoms with Crippen LogP contribution in [0.4, 0.5) is 11.4 Å². The highest BCUT2D eigenvalue weighted by molar-refractivity contribution is 7.94. The van der Waals surface area contributed by atoms with E-state index in [-0.39, 0.29) is 29.9 Å². The number of amides is 2. The van der Waals surface area contributed by atoms with E-state index in [4.69, 9.17) is 0 Å². The summed E-state index contributed by atoms with van der Waals surface area (Å²) < 4.78 is 22.6. The summed E-state index contributed by atoms with van der Waals surface area (Å²) in [5.41, 5.74) is 1.29. The van der Waals surface area contributed by atoms with Crippen molar-refractivity contribution in [1.82, 2.24) is 0 Å². The SMILES string of the molecule is CCCCC(=O)Nc1ccc(NC(=O)C[C@H]2C=CS(=O)(=O)C2)cc1. The Labute approximate surface area is 142 Å². The molecular weight excluding hydrogens is 328 g/mol.